The van der Waals surface area contributed by atoms with Gasteiger partial charge < -0.3 is 5.32 Å². The second-order valence-corrected chi connectivity index (χ2v) is 8.27. The molecule has 1 aromatic carbocycles. The predicted octanol–water partition coefficient (Wildman–Crippen LogP) is 5.32. The zero-order valence-corrected chi connectivity index (χ0v) is 14.7. The predicted molar refractivity (Wildman–Crippen MR) is 90.2 cm³/mol. The van der Waals surface area contributed by atoms with E-state index in [4.69, 9.17) is 0 Å². The Morgan fingerprint density at radius 2 is 1.40 bits per heavy atom. The van der Waals surface area contributed by atoms with Crippen LogP contribution in [0.1, 0.15) is 72.6 Å². The SMILES string of the molecule is CC(NCC(C)C(C)(C)C)c1ccc(C(C)(C)C)cc1. The van der Waals surface area contributed by atoms with E-state index in [-0.39, 0.29) is 5.41 Å². The molecule has 2 atom stereocenters. The van der Waals surface area contributed by atoms with E-state index in [9.17, 15) is 0 Å². The van der Waals surface area contributed by atoms with E-state index < -0.39 is 0 Å². The van der Waals surface area contributed by atoms with Gasteiger partial charge in [-0.15, -0.1) is 0 Å². The molecule has 0 bridgehead atoms. The third kappa shape index (κ3) is 4.94. The van der Waals surface area contributed by atoms with E-state index in [1.807, 2.05) is 0 Å². The summed E-state index contributed by atoms with van der Waals surface area (Å²) < 4.78 is 0. The third-order valence-corrected chi connectivity index (χ3v) is 4.49. The molecular weight excluding hydrogens is 242 g/mol. The quantitative estimate of drug-likeness (QED) is 0.784. The van der Waals surface area contributed by atoms with Crippen LogP contribution in [0.2, 0.25) is 0 Å². The summed E-state index contributed by atoms with van der Waals surface area (Å²) in [4.78, 5) is 0. The summed E-state index contributed by atoms with van der Waals surface area (Å²) in [5.74, 6) is 0.666. The van der Waals surface area contributed by atoms with Crippen LogP contribution in [0.15, 0.2) is 24.3 Å². The maximum Gasteiger partial charge on any atom is 0.0291 e. The van der Waals surface area contributed by atoms with Gasteiger partial charge in [-0.05, 0) is 41.3 Å². The number of hydrogen-bond donors (Lipinski definition) is 1. The highest BCUT2D eigenvalue weighted by atomic mass is 14.9. The van der Waals surface area contributed by atoms with Crippen molar-refractivity contribution in [1.82, 2.24) is 5.32 Å². The lowest BCUT2D eigenvalue weighted by molar-refractivity contribution is 0.247. The molecule has 0 saturated heterocycles. The first-order chi connectivity index (χ1) is 9.01. The Morgan fingerprint density at radius 3 is 1.80 bits per heavy atom. The Labute approximate surface area is 126 Å². The zero-order valence-electron chi connectivity index (χ0n) is 14.7. The Bertz CT molecular complexity index is 403. The molecule has 1 heteroatoms. The minimum Gasteiger partial charge on any atom is -0.310 e. The van der Waals surface area contributed by atoms with Crippen molar-refractivity contribution in [3.8, 4) is 0 Å². The number of rotatable bonds is 4. The van der Waals surface area contributed by atoms with E-state index in [2.05, 4.69) is 85.0 Å². The first-order valence-electron chi connectivity index (χ1n) is 7.85. The van der Waals surface area contributed by atoms with Crippen molar-refractivity contribution in [3.05, 3.63) is 35.4 Å². The molecule has 0 aliphatic heterocycles. The van der Waals surface area contributed by atoms with Crippen molar-refractivity contribution in [2.24, 2.45) is 11.3 Å². The molecular formula is C19H33N. The zero-order chi connectivity index (χ0) is 15.6. The minimum atomic E-state index is 0.232. The van der Waals surface area contributed by atoms with Crippen LogP contribution >= 0.6 is 0 Å². The average Bonchev–Trinajstić information content (AvgIpc) is 2.33. The van der Waals surface area contributed by atoms with E-state index >= 15 is 0 Å². The normalized spacial score (nSPS) is 16.0. The largest absolute Gasteiger partial charge is 0.310 e. The fraction of sp³-hybridized carbons (Fsp3) is 0.684. The van der Waals surface area contributed by atoms with Crippen LogP contribution in [0.5, 0.6) is 0 Å². The lowest BCUT2D eigenvalue weighted by atomic mass is 9.82. The summed E-state index contributed by atoms with van der Waals surface area (Å²) in [5.41, 5.74) is 3.37. The molecule has 0 spiro atoms. The lowest BCUT2D eigenvalue weighted by Crippen LogP contribution is -2.31. The Hall–Kier alpha value is -0.820. The van der Waals surface area contributed by atoms with E-state index in [0.29, 0.717) is 17.4 Å². The molecule has 0 aromatic heterocycles. The fourth-order valence-corrected chi connectivity index (χ4v) is 2.05. The van der Waals surface area contributed by atoms with Gasteiger partial charge in [0, 0.05) is 6.04 Å². The van der Waals surface area contributed by atoms with Crippen LogP contribution < -0.4 is 5.32 Å². The van der Waals surface area contributed by atoms with Gasteiger partial charge in [0.25, 0.3) is 0 Å². The number of benzene rings is 1. The summed E-state index contributed by atoms with van der Waals surface area (Å²) in [6, 6.07) is 9.47. The van der Waals surface area contributed by atoms with Gasteiger partial charge in [-0.3, -0.25) is 0 Å². The first kappa shape index (κ1) is 17.2. The molecule has 1 aromatic rings. The van der Waals surface area contributed by atoms with Crippen LogP contribution in [-0.4, -0.2) is 6.54 Å². The Morgan fingerprint density at radius 1 is 0.900 bits per heavy atom. The van der Waals surface area contributed by atoms with Gasteiger partial charge in [0.2, 0.25) is 0 Å². The molecule has 0 heterocycles. The van der Waals surface area contributed by atoms with Crippen LogP contribution in [0.25, 0.3) is 0 Å². The molecule has 2 unspecified atom stereocenters. The Kier molecular flexibility index (Phi) is 5.43. The van der Waals surface area contributed by atoms with Gasteiger partial charge >= 0.3 is 0 Å². The molecule has 1 nitrogen and oxygen atoms in total. The molecule has 0 amide bonds. The monoisotopic (exact) mass is 275 g/mol. The molecule has 0 radical (unpaired) electrons. The van der Waals surface area contributed by atoms with Gasteiger partial charge in [-0.25, -0.2) is 0 Å². The van der Waals surface area contributed by atoms with Crippen molar-refractivity contribution in [2.75, 3.05) is 6.54 Å². The molecule has 0 saturated carbocycles. The van der Waals surface area contributed by atoms with Crippen LogP contribution in [0.4, 0.5) is 0 Å². The van der Waals surface area contributed by atoms with Gasteiger partial charge in [-0.2, -0.15) is 0 Å². The van der Waals surface area contributed by atoms with Gasteiger partial charge in [0.1, 0.15) is 0 Å². The molecule has 0 aliphatic rings. The summed E-state index contributed by atoms with van der Waals surface area (Å²) in [6.07, 6.45) is 0. The van der Waals surface area contributed by atoms with Crippen LogP contribution in [0.3, 0.4) is 0 Å². The molecule has 0 aliphatic carbocycles. The minimum absolute atomic E-state index is 0.232. The van der Waals surface area contributed by atoms with Gasteiger partial charge in [-0.1, -0.05) is 72.7 Å². The van der Waals surface area contributed by atoms with E-state index in [1.165, 1.54) is 11.1 Å². The van der Waals surface area contributed by atoms with Crippen LogP contribution in [0, 0.1) is 11.3 Å². The lowest BCUT2D eigenvalue weighted by Gasteiger charge is -2.29. The third-order valence-electron chi connectivity index (χ3n) is 4.49. The van der Waals surface area contributed by atoms with Crippen LogP contribution in [-0.2, 0) is 5.41 Å². The van der Waals surface area contributed by atoms with Crippen molar-refractivity contribution >= 4 is 0 Å². The summed E-state index contributed by atoms with van der Waals surface area (Å²) >= 11 is 0. The number of nitrogens with one attached hydrogen (secondary N) is 1. The standard InChI is InChI=1S/C19H33N/c1-14(18(3,4)5)13-20-15(2)16-9-11-17(12-10-16)19(6,7)8/h9-12,14-15,20H,13H2,1-8H3. The topological polar surface area (TPSA) is 12.0 Å². The van der Waals surface area contributed by atoms with Gasteiger partial charge in [0.15, 0.2) is 0 Å². The molecule has 114 valence electrons. The van der Waals surface area contributed by atoms with Gasteiger partial charge in [0.05, 0.1) is 0 Å². The van der Waals surface area contributed by atoms with Crippen molar-refractivity contribution in [3.63, 3.8) is 0 Å². The maximum atomic E-state index is 3.66. The molecule has 1 N–H and O–H groups in total. The van der Waals surface area contributed by atoms with Crippen molar-refractivity contribution in [1.29, 1.82) is 0 Å². The maximum absolute atomic E-state index is 3.66. The van der Waals surface area contributed by atoms with E-state index in [1.54, 1.807) is 0 Å². The molecule has 0 fully saturated rings. The second-order valence-electron chi connectivity index (χ2n) is 8.27. The van der Waals surface area contributed by atoms with Crippen molar-refractivity contribution < 1.29 is 0 Å². The van der Waals surface area contributed by atoms with E-state index in [0.717, 1.165) is 6.54 Å². The molecule has 1 rings (SSSR count). The molecule has 20 heavy (non-hydrogen) atoms. The first-order valence-corrected chi connectivity index (χ1v) is 7.85. The Balaban J connectivity index is 2.63. The summed E-state index contributed by atoms with van der Waals surface area (Å²) in [5, 5.41) is 3.66. The highest BCUT2D eigenvalue weighted by Gasteiger charge is 2.20. The van der Waals surface area contributed by atoms with Crippen molar-refractivity contribution in [2.45, 2.75) is 66.8 Å². The summed E-state index contributed by atoms with van der Waals surface area (Å²) in [6.45, 7) is 19.3. The number of hydrogen-bond acceptors (Lipinski definition) is 1. The second kappa shape index (κ2) is 6.30. The fourth-order valence-electron chi connectivity index (χ4n) is 2.05. The highest BCUT2D eigenvalue weighted by Crippen LogP contribution is 2.26. The summed E-state index contributed by atoms with van der Waals surface area (Å²) in [7, 11) is 0. The smallest absolute Gasteiger partial charge is 0.0291 e. The average molecular weight is 275 g/mol. The highest BCUT2D eigenvalue weighted by molar-refractivity contribution is 5.29.